The molecule has 1 aromatic heterocycles. The molecule has 2 aliphatic rings. The van der Waals surface area contributed by atoms with E-state index in [2.05, 4.69) is 20.6 Å². The largest absolute Gasteiger partial charge is 0.390 e. The van der Waals surface area contributed by atoms with Gasteiger partial charge in [-0.1, -0.05) is 30.3 Å². The van der Waals surface area contributed by atoms with E-state index in [9.17, 15) is 33.0 Å². The summed E-state index contributed by atoms with van der Waals surface area (Å²) in [5.74, 6) is -2.24. The van der Waals surface area contributed by atoms with Crippen LogP contribution in [0.2, 0.25) is 0 Å². The minimum Gasteiger partial charge on any atom is -0.390 e. The third-order valence-electron chi connectivity index (χ3n) is 9.11. The molecule has 2 amide bonds. The zero-order valence-electron chi connectivity index (χ0n) is 26.4. The first-order chi connectivity index (χ1) is 21.2. The van der Waals surface area contributed by atoms with E-state index < -0.39 is 62.4 Å². The Morgan fingerprint density at radius 1 is 1.00 bits per heavy atom. The van der Waals surface area contributed by atoms with Crippen molar-refractivity contribution in [1.29, 1.82) is 0 Å². The number of nitrogens with zero attached hydrogens (tertiary/aromatic N) is 1. The predicted octanol–water partition coefficient (Wildman–Crippen LogP) is 2.28. The molecule has 45 heavy (non-hydrogen) atoms. The molecule has 0 saturated heterocycles. The molecule has 0 radical (unpaired) electrons. The fourth-order valence-electron chi connectivity index (χ4n) is 5.87. The van der Waals surface area contributed by atoms with E-state index in [1.54, 1.807) is 27.0 Å². The van der Waals surface area contributed by atoms with E-state index in [-0.39, 0.29) is 30.5 Å². The Kier molecular flexibility index (Phi) is 11.6. The molecule has 2 saturated carbocycles. The number of H-pyrrole nitrogens is 1. The fraction of sp³-hybridized carbons (Fsp3) is 0.636. The van der Waals surface area contributed by atoms with E-state index in [1.807, 2.05) is 30.3 Å². The van der Waals surface area contributed by atoms with E-state index in [4.69, 9.17) is 0 Å². The highest BCUT2D eigenvalue weighted by molar-refractivity contribution is 7.92. The van der Waals surface area contributed by atoms with Gasteiger partial charge in [-0.3, -0.25) is 14.4 Å². The first kappa shape index (κ1) is 34.8. The van der Waals surface area contributed by atoms with Crippen molar-refractivity contribution in [2.24, 2.45) is 17.8 Å². The zero-order chi connectivity index (χ0) is 32.8. The van der Waals surface area contributed by atoms with Crippen molar-refractivity contribution in [3.8, 4) is 0 Å². The number of benzene rings is 1. The van der Waals surface area contributed by atoms with Crippen LogP contribution in [0.4, 0.5) is 0 Å². The minimum atomic E-state index is -3.69. The summed E-state index contributed by atoms with van der Waals surface area (Å²) in [5.41, 5.74) is 1.37. The maximum absolute atomic E-state index is 13.9. The number of amides is 2. The van der Waals surface area contributed by atoms with Crippen LogP contribution < -0.4 is 10.6 Å². The Hall–Kier alpha value is -3.09. The molecule has 4 rings (SSSR count). The molecule has 12 heteroatoms. The number of nitrogens with one attached hydrogen (secondary N) is 3. The highest BCUT2D eigenvalue weighted by Gasteiger charge is 2.41. The predicted molar refractivity (Wildman–Crippen MR) is 170 cm³/mol. The molecule has 0 aliphatic heterocycles. The van der Waals surface area contributed by atoms with E-state index in [0.29, 0.717) is 37.8 Å². The molecular weight excluding hydrogens is 596 g/mol. The number of aromatic amines is 1. The van der Waals surface area contributed by atoms with Gasteiger partial charge in [0.1, 0.15) is 17.9 Å². The van der Waals surface area contributed by atoms with Crippen LogP contribution in [0.5, 0.6) is 0 Å². The Labute approximate surface area is 265 Å². The third-order valence-corrected chi connectivity index (χ3v) is 11.8. The summed E-state index contributed by atoms with van der Waals surface area (Å²) in [6, 6.07) is 7.22. The van der Waals surface area contributed by atoms with Crippen LogP contribution in [0.3, 0.4) is 0 Å². The monoisotopic (exact) mass is 644 g/mol. The first-order valence-corrected chi connectivity index (χ1v) is 17.6. The van der Waals surface area contributed by atoms with Crippen LogP contribution in [0.1, 0.15) is 77.0 Å². The molecule has 11 nitrogen and oxygen atoms in total. The molecule has 0 unspecified atom stereocenters. The lowest BCUT2D eigenvalue weighted by atomic mass is 9.82. The van der Waals surface area contributed by atoms with Crippen LogP contribution in [-0.4, -0.2) is 81.0 Å². The van der Waals surface area contributed by atoms with Gasteiger partial charge >= 0.3 is 0 Å². The summed E-state index contributed by atoms with van der Waals surface area (Å²) in [6.45, 7) is 4.79. The molecule has 5 N–H and O–H groups in total. The van der Waals surface area contributed by atoms with Gasteiger partial charge in [-0.25, -0.2) is 13.4 Å². The molecular formula is C33H48N4O7S. The Morgan fingerprint density at radius 3 is 2.24 bits per heavy atom. The molecule has 2 fully saturated rings. The SMILES string of the molecule is CC(C)(C)S(=O)(=O)C[C@@H](Cc1ccccc1)C(=O)N[C@@H](Cc1cnc[nH]1)C(=O)N[C@@H](CC1CCC(=O)CC1)[C@@H](O)[C@@H](O)C1CC1. The highest BCUT2D eigenvalue weighted by atomic mass is 32.2. The zero-order valence-corrected chi connectivity index (χ0v) is 27.3. The van der Waals surface area contributed by atoms with Gasteiger partial charge in [-0.2, -0.15) is 0 Å². The van der Waals surface area contributed by atoms with E-state index in [1.165, 1.54) is 6.33 Å². The number of carbonyl (C=O) groups is 3. The fourth-order valence-corrected chi connectivity index (χ4v) is 7.17. The number of hydrogen-bond donors (Lipinski definition) is 5. The van der Waals surface area contributed by atoms with Crippen LogP contribution in [0.25, 0.3) is 0 Å². The summed E-state index contributed by atoms with van der Waals surface area (Å²) in [4.78, 5) is 46.6. The second-order valence-corrected chi connectivity index (χ2v) is 16.6. The maximum Gasteiger partial charge on any atom is 0.243 e. The second-order valence-electron chi connectivity index (χ2n) is 13.8. The quantitative estimate of drug-likeness (QED) is 0.196. The summed E-state index contributed by atoms with van der Waals surface area (Å²) >= 11 is 0. The van der Waals surface area contributed by atoms with Crippen molar-refractivity contribution in [2.45, 2.75) is 108 Å². The van der Waals surface area contributed by atoms with E-state index in [0.717, 1.165) is 18.4 Å². The lowest BCUT2D eigenvalue weighted by molar-refractivity contribution is -0.132. The van der Waals surface area contributed by atoms with Crippen molar-refractivity contribution in [3.05, 3.63) is 54.1 Å². The Balaban J connectivity index is 1.56. The van der Waals surface area contributed by atoms with Crippen LogP contribution in [0, 0.1) is 17.8 Å². The van der Waals surface area contributed by atoms with Gasteiger partial charge in [0.05, 0.1) is 34.9 Å². The number of imidazole rings is 1. The van der Waals surface area contributed by atoms with Gasteiger partial charge < -0.3 is 25.8 Å². The molecule has 5 atom stereocenters. The summed E-state index contributed by atoms with van der Waals surface area (Å²) in [6.07, 6.45) is 5.18. The summed E-state index contributed by atoms with van der Waals surface area (Å²) in [7, 11) is -3.69. The van der Waals surface area contributed by atoms with Gasteiger partial charge in [-0.15, -0.1) is 0 Å². The van der Waals surface area contributed by atoms with Crippen molar-refractivity contribution in [3.63, 3.8) is 0 Å². The minimum absolute atomic E-state index is 0.0312. The normalized spacial score (nSPS) is 19.7. The molecule has 0 spiro atoms. The molecule has 2 aromatic rings. The Morgan fingerprint density at radius 2 is 1.67 bits per heavy atom. The summed E-state index contributed by atoms with van der Waals surface area (Å²) < 4.78 is 25.4. The average molecular weight is 645 g/mol. The molecule has 248 valence electrons. The van der Waals surface area contributed by atoms with Crippen molar-refractivity contribution >= 4 is 27.4 Å². The van der Waals surface area contributed by atoms with Crippen LogP contribution in [0.15, 0.2) is 42.9 Å². The van der Waals surface area contributed by atoms with Crippen LogP contribution >= 0.6 is 0 Å². The number of Topliss-reactive ketones (excluding diaryl/α,β-unsaturated/α-hetero) is 1. The number of aromatic nitrogens is 2. The number of carbonyl (C=O) groups excluding carboxylic acids is 3. The number of sulfone groups is 1. The smallest absolute Gasteiger partial charge is 0.243 e. The van der Waals surface area contributed by atoms with Crippen LogP contribution in [-0.2, 0) is 37.1 Å². The average Bonchev–Trinajstić information content (AvgIpc) is 3.72. The van der Waals surface area contributed by atoms with Gasteiger partial charge in [-0.05, 0) is 76.7 Å². The second kappa shape index (κ2) is 15.0. The number of aliphatic hydroxyl groups is 2. The highest BCUT2D eigenvalue weighted by Crippen LogP contribution is 2.36. The summed E-state index contributed by atoms with van der Waals surface area (Å²) in [5, 5.41) is 27.7. The van der Waals surface area contributed by atoms with Gasteiger partial charge in [0.2, 0.25) is 11.8 Å². The van der Waals surface area contributed by atoms with Gasteiger partial charge in [0.15, 0.2) is 9.84 Å². The van der Waals surface area contributed by atoms with Crippen molar-refractivity contribution < 1.29 is 33.0 Å². The third kappa shape index (κ3) is 9.95. The number of rotatable bonds is 15. The van der Waals surface area contributed by atoms with Gasteiger partial charge in [0.25, 0.3) is 0 Å². The van der Waals surface area contributed by atoms with E-state index >= 15 is 0 Å². The molecule has 1 aromatic carbocycles. The molecule has 2 aliphatic carbocycles. The standard InChI is InChI=1S/C33H48N4O7S/c1-33(2,3)45(43,44)19-24(15-21-7-5-4-6-8-21)31(41)37-28(17-25-18-34-20-35-25)32(42)36-27(30(40)29(39)23-11-12-23)16-22-9-13-26(38)14-10-22/h4-8,18,20,22-24,27-30,39-40H,9-17,19H2,1-3H3,(H,34,35)(H,36,42)(H,37,41)/t24-,27+,28+,29+,30-/m1/s1. The Bertz CT molecular complexity index is 1380. The number of aliphatic hydroxyl groups excluding tert-OH is 2. The molecule has 0 bridgehead atoms. The first-order valence-electron chi connectivity index (χ1n) is 16.0. The lowest BCUT2D eigenvalue weighted by Gasteiger charge is -2.33. The van der Waals surface area contributed by atoms with Gasteiger partial charge in [0, 0.05) is 31.2 Å². The number of ketones is 1. The lowest BCUT2D eigenvalue weighted by Crippen LogP contribution is -2.57. The maximum atomic E-state index is 13.9. The molecule has 1 heterocycles. The number of hydrogen-bond acceptors (Lipinski definition) is 8. The topological polar surface area (TPSA) is 179 Å². The van der Waals surface area contributed by atoms with Crippen molar-refractivity contribution in [1.82, 2.24) is 20.6 Å². The van der Waals surface area contributed by atoms with Crippen molar-refractivity contribution in [2.75, 3.05) is 5.75 Å².